The fraction of sp³-hybridized carbons (Fsp3) is 0.235. The fourth-order valence-electron chi connectivity index (χ4n) is 2.26. The number of benzene rings is 2. The number of halogens is 3. The minimum absolute atomic E-state index is 0.0677. The zero-order valence-electron chi connectivity index (χ0n) is 12.8. The Morgan fingerprint density at radius 2 is 1.91 bits per heavy atom. The van der Waals surface area contributed by atoms with Crippen LogP contribution in [0.4, 0.5) is 10.1 Å². The summed E-state index contributed by atoms with van der Waals surface area (Å²) in [5.41, 5.74) is 1.44. The number of quaternary nitrogens is 1. The van der Waals surface area contributed by atoms with Gasteiger partial charge in [0.05, 0.1) is 10.7 Å². The highest BCUT2D eigenvalue weighted by molar-refractivity contribution is 6.33. The monoisotopic (exact) mass is 355 g/mol. The molecule has 0 aromatic heterocycles. The first-order chi connectivity index (χ1) is 10.9. The topological polar surface area (TPSA) is 45.7 Å². The van der Waals surface area contributed by atoms with Crippen molar-refractivity contribution in [1.29, 1.82) is 0 Å². The second-order valence-electron chi connectivity index (χ2n) is 5.44. The van der Waals surface area contributed by atoms with Gasteiger partial charge in [0.25, 0.3) is 5.91 Å². The van der Waals surface area contributed by atoms with E-state index in [9.17, 15) is 9.18 Å². The van der Waals surface area contributed by atoms with Crippen molar-refractivity contribution in [2.45, 2.75) is 25.9 Å². The molecule has 2 atom stereocenters. The highest BCUT2D eigenvalue weighted by atomic mass is 35.5. The summed E-state index contributed by atoms with van der Waals surface area (Å²) in [4.78, 5) is 12.3. The van der Waals surface area contributed by atoms with Gasteiger partial charge in [-0.25, -0.2) is 4.39 Å². The Kier molecular flexibility index (Phi) is 5.99. The molecular weight excluding hydrogens is 338 g/mol. The summed E-state index contributed by atoms with van der Waals surface area (Å²) in [6.07, 6.45) is 0. The lowest BCUT2D eigenvalue weighted by molar-refractivity contribution is -0.709. The first-order valence-corrected chi connectivity index (χ1v) is 7.99. The molecular formula is C17H18Cl2FN2O+. The number of rotatable bonds is 5. The molecule has 0 aliphatic heterocycles. The number of carbonyl (C=O) groups excluding carboxylic acids is 1. The van der Waals surface area contributed by atoms with Gasteiger partial charge in [-0.05, 0) is 44.2 Å². The Hall–Kier alpha value is -1.62. The van der Waals surface area contributed by atoms with E-state index in [1.54, 1.807) is 6.92 Å². The summed E-state index contributed by atoms with van der Waals surface area (Å²) in [6.45, 7) is 3.80. The van der Waals surface area contributed by atoms with Crippen molar-refractivity contribution in [3.8, 4) is 0 Å². The molecule has 0 aliphatic rings. The third-order valence-electron chi connectivity index (χ3n) is 3.55. The van der Waals surface area contributed by atoms with Gasteiger partial charge in [0.2, 0.25) is 0 Å². The second kappa shape index (κ2) is 7.77. The van der Waals surface area contributed by atoms with Crippen LogP contribution in [0.5, 0.6) is 0 Å². The van der Waals surface area contributed by atoms with Gasteiger partial charge in [-0.2, -0.15) is 0 Å². The number of amides is 1. The van der Waals surface area contributed by atoms with Crippen LogP contribution in [0.1, 0.15) is 25.5 Å². The van der Waals surface area contributed by atoms with E-state index in [0.717, 1.165) is 5.56 Å². The molecule has 0 spiro atoms. The Bertz CT molecular complexity index is 709. The van der Waals surface area contributed by atoms with Gasteiger partial charge in [0.15, 0.2) is 6.04 Å². The minimum atomic E-state index is -0.442. The molecule has 3 nitrogen and oxygen atoms in total. The Labute approximate surface area is 144 Å². The van der Waals surface area contributed by atoms with Gasteiger partial charge < -0.3 is 10.6 Å². The predicted octanol–water partition coefficient (Wildman–Crippen LogP) is 3.78. The molecule has 0 saturated heterocycles. The largest absolute Gasteiger partial charge is 0.330 e. The molecule has 0 fully saturated rings. The van der Waals surface area contributed by atoms with Gasteiger partial charge in [0.1, 0.15) is 11.9 Å². The maximum atomic E-state index is 13.0. The van der Waals surface area contributed by atoms with E-state index in [-0.39, 0.29) is 23.0 Å². The van der Waals surface area contributed by atoms with E-state index in [1.807, 2.05) is 36.5 Å². The third kappa shape index (κ3) is 4.93. The van der Waals surface area contributed by atoms with Crippen LogP contribution in [-0.4, -0.2) is 11.9 Å². The molecule has 2 aromatic rings. The average Bonchev–Trinajstić information content (AvgIpc) is 2.49. The summed E-state index contributed by atoms with van der Waals surface area (Å²) in [5, 5.41) is 5.48. The van der Waals surface area contributed by atoms with Crippen molar-refractivity contribution in [2.75, 3.05) is 5.32 Å². The van der Waals surface area contributed by atoms with Crippen LogP contribution in [0, 0.1) is 5.82 Å². The van der Waals surface area contributed by atoms with Crippen LogP contribution in [0.15, 0.2) is 42.5 Å². The van der Waals surface area contributed by atoms with Crippen LogP contribution in [-0.2, 0) is 4.79 Å². The highest BCUT2D eigenvalue weighted by Crippen LogP contribution is 2.22. The van der Waals surface area contributed by atoms with Gasteiger partial charge in [-0.3, -0.25) is 4.79 Å². The molecule has 23 heavy (non-hydrogen) atoms. The number of hydrogen-bond donors (Lipinski definition) is 2. The summed E-state index contributed by atoms with van der Waals surface area (Å²) in [5.74, 6) is -0.644. The molecule has 1 amide bonds. The van der Waals surface area contributed by atoms with Crippen molar-refractivity contribution in [2.24, 2.45) is 0 Å². The number of hydrogen-bond acceptors (Lipinski definition) is 1. The zero-order chi connectivity index (χ0) is 17.0. The first-order valence-electron chi connectivity index (χ1n) is 7.23. The summed E-state index contributed by atoms with van der Waals surface area (Å²) in [7, 11) is 0. The Morgan fingerprint density at radius 3 is 2.57 bits per heavy atom. The van der Waals surface area contributed by atoms with E-state index >= 15 is 0 Å². The van der Waals surface area contributed by atoms with E-state index in [4.69, 9.17) is 23.2 Å². The molecule has 2 aromatic carbocycles. The molecule has 0 radical (unpaired) electrons. The first kappa shape index (κ1) is 17.7. The van der Waals surface area contributed by atoms with Crippen molar-refractivity contribution in [1.82, 2.24) is 0 Å². The van der Waals surface area contributed by atoms with Crippen molar-refractivity contribution in [3.63, 3.8) is 0 Å². The highest BCUT2D eigenvalue weighted by Gasteiger charge is 2.21. The summed E-state index contributed by atoms with van der Waals surface area (Å²) in [6, 6.07) is 11.1. The van der Waals surface area contributed by atoms with Crippen molar-refractivity contribution >= 4 is 34.8 Å². The standard InChI is InChI=1S/C17H17Cl2FN2O/c1-10(12-4-3-5-13(18)8-12)21-11(2)17(23)22-16-7-6-14(20)9-15(16)19/h3-11,21H,1-2H3,(H,22,23)/p+1/t10-,11-/m1/s1. The predicted molar refractivity (Wildman–Crippen MR) is 91.3 cm³/mol. The molecule has 0 aliphatic carbocycles. The minimum Gasteiger partial charge on any atom is -0.330 e. The Morgan fingerprint density at radius 1 is 1.17 bits per heavy atom. The van der Waals surface area contributed by atoms with E-state index in [0.29, 0.717) is 10.7 Å². The molecule has 0 heterocycles. The third-order valence-corrected chi connectivity index (χ3v) is 4.10. The van der Waals surface area contributed by atoms with Gasteiger partial charge >= 0.3 is 0 Å². The number of anilines is 1. The summed E-state index contributed by atoms with van der Waals surface area (Å²) >= 11 is 11.9. The zero-order valence-corrected chi connectivity index (χ0v) is 14.3. The lowest BCUT2D eigenvalue weighted by Gasteiger charge is -2.17. The smallest absolute Gasteiger partial charge is 0.282 e. The van der Waals surface area contributed by atoms with Gasteiger partial charge in [-0.15, -0.1) is 0 Å². The number of carbonyl (C=O) groups is 1. The molecule has 2 rings (SSSR count). The molecule has 0 saturated carbocycles. The van der Waals surface area contributed by atoms with Crippen molar-refractivity contribution in [3.05, 3.63) is 63.9 Å². The van der Waals surface area contributed by atoms with Gasteiger partial charge in [-0.1, -0.05) is 35.3 Å². The summed E-state index contributed by atoms with van der Waals surface area (Å²) < 4.78 is 13.0. The van der Waals surface area contributed by atoms with Crippen LogP contribution in [0.2, 0.25) is 10.0 Å². The fourth-order valence-corrected chi connectivity index (χ4v) is 2.67. The molecule has 0 bridgehead atoms. The molecule has 122 valence electrons. The maximum Gasteiger partial charge on any atom is 0.282 e. The van der Waals surface area contributed by atoms with Crippen molar-refractivity contribution < 1.29 is 14.5 Å². The van der Waals surface area contributed by atoms with E-state index in [1.165, 1.54) is 18.2 Å². The lowest BCUT2D eigenvalue weighted by atomic mass is 10.1. The quantitative estimate of drug-likeness (QED) is 0.841. The second-order valence-corrected chi connectivity index (χ2v) is 6.28. The Balaban J connectivity index is 1.99. The molecule has 6 heteroatoms. The number of nitrogens with two attached hydrogens (primary N) is 1. The SMILES string of the molecule is C[C@@H]([NH2+][C@H](C)c1cccc(Cl)c1)C(=O)Nc1ccc(F)cc1Cl. The normalized spacial score (nSPS) is 13.4. The maximum absolute atomic E-state index is 13.0. The van der Waals surface area contributed by atoms with Crippen LogP contribution >= 0.6 is 23.2 Å². The van der Waals surface area contributed by atoms with E-state index < -0.39 is 5.82 Å². The lowest BCUT2D eigenvalue weighted by Crippen LogP contribution is -2.91. The number of nitrogens with one attached hydrogen (secondary N) is 1. The van der Waals surface area contributed by atoms with Crippen LogP contribution in [0.3, 0.4) is 0 Å². The van der Waals surface area contributed by atoms with Gasteiger partial charge in [0, 0.05) is 10.6 Å². The van der Waals surface area contributed by atoms with Crippen LogP contribution < -0.4 is 10.6 Å². The van der Waals surface area contributed by atoms with Crippen LogP contribution in [0.25, 0.3) is 0 Å². The molecule has 3 N–H and O–H groups in total. The average molecular weight is 356 g/mol. The molecule has 0 unspecified atom stereocenters. The van der Waals surface area contributed by atoms with E-state index in [2.05, 4.69) is 5.32 Å².